The second kappa shape index (κ2) is 3.81. The quantitative estimate of drug-likeness (QED) is 0.685. The lowest BCUT2D eigenvalue weighted by molar-refractivity contribution is 0.608. The molecule has 0 saturated heterocycles. The van der Waals surface area contributed by atoms with Crippen molar-refractivity contribution in [2.45, 2.75) is 38.5 Å². The van der Waals surface area contributed by atoms with Gasteiger partial charge < -0.3 is 5.73 Å². The second-order valence-corrected chi connectivity index (χ2v) is 4.85. The van der Waals surface area contributed by atoms with Crippen LogP contribution in [0, 0.1) is 6.92 Å². The molecule has 1 heterocycles. The summed E-state index contributed by atoms with van der Waals surface area (Å²) in [6.07, 6.45) is 5.27. The Morgan fingerprint density at radius 3 is 3.15 bits per heavy atom. The van der Waals surface area contributed by atoms with Crippen molar-refractivity contribution in [1.29, 1.82) is 0 Å². The van der Waals surface area contributed by atoms with Crippen LogP contribution < -0.4 is 5.73 Å². The van der Waals surface area contributed by atoms with Gasteiger partial charge in [-0.15, -0.1) is 11.3 Å². The van der Waals surface area contributed by atoms with E-state index in [0.717, 1.165) is 6.54 Å². The Morgan fingerprint density at radius 2 is 2.38 bits per heavy atom. The summed E-state index contributed by atoms with van der Waals surface area (Å²) in [5.41, 5.74) is 8.90. The highest BCUT2D eigenvalue weighted by atomic mass is 32.1. The van der Waals surface area contributed by atoms with Crippen LogP contribution in [0.3, 0.4) is 0 Å². The predicted molar refractivity (Wildman–Crippen MR) is 58.4 cm³/mol. The maximum Gasteiger partial charge on any atom is 0.0123 e. The summed E-state index contributed by atoms with van der Waals surface area (Å²) in [6.45, 7) is 3.06. The summed E-state index contributed by atoms with van der Waals surface area (Å²) in [4.78, 5) is 1.58. The highest BCUT2D eigenvalue weighted by molar-refractivity contribution is 7.10. The van der Waals surface area contributed by atoms with Crippen LogP contribution in [0.5, 0.6) is 0 Å². The molecular weight excluding hydrogens is 178 g/mol. The first-order valence-corrected chi connectivity index (χ1v) is 5.98. The first kappa shape index (κ1) is 9.22. The highest BCUT2D eigenvalue weighted by Crippen LogP contribution is 2.35. The van der Waals surface area contributed by atoms with Crippen LogP contribution in [0.1, 0.15) is 41.2 Å². The monoisotopic (exact) mass is 195 g/mol. The zero-order chi connectivity index (χ0) is 9.26. The number of rotatable bonds is 1. The van der Waals surface area contributed by atoms with Crippen LogP contribution in [0.15, 0.2) is 5.38 Å². The third kappa shape index (κ3) is 1.65. The first-order chi connectivity index (χ1) is 6.33. The van der Waals surface area contributed by atoms with Crippen LogP contribution in [0.4, 0.5) is 0 Å². The van der Waals surface area contributed by atoms with Crippen molar-refractivity contribution in [3.63, 3.8) is 0 Å². The van der Waals surface area contributed by atoms with Crippen molar-refractivity contribution < 1.29 is 0 Å². The van der Waals surface area contributed by atoms with Gasteiger partial charge in [-0.1, -0.05) is 6.42 Å². The Hall–Kier alpha value is -0.340. The average molecular weight is 195 g/mol. The van der Waals surface area contributed by atoms with Crippen molar-refractivity contribution in [1.82, 2.24) is 0 Å². The van der Waals surface area contributed by atoms with Crippen LogP contribution >= 0.6 is 11.3 Å². The molecule has 2 rings (SSSR count). The van der Waals surface area contributed by atoms with E-state index in [-0.39, 0.29) is 0 Å². The molecule has 2 heteroatoms. The van der Waals surface area contributed by atoms with Gasteiger partial charge in [0.15, 0.2) is 0 Å². The van der Waals surface area contributed by atoms with Crippen LogP contribution in [-0.4, -0.2) is 6.54 Å². The zero-order valence-corrected chi connectivity index (χ0v) is 8.99. The van der Waals surface area contributed by atoms with Gasteiger partial charge >= 0.3 is 0 Å². The molecule has 0 radical (unpaired) electrons. The zero-order valence-electron chi connectivity index (χ0n) is 8.18. The number of thiophene rings is 1. The molecule has 1 aromatic rings. The number of hydrogen-bond acceptors (Lipinski definition) is 2. The van der Waals surface area contributed by atoms with Gasteiger partial charge in [0, 0.05) is 10.8 Å². The van der Waals surface area contributed by atoms with Gasteiger partial charge in [0.2, 0.25) is 0 Å². The summed E-state index contributed by atoms with van der Waals surface area (Å²) in [5, 5.41) is 2.29. The fraction of sp³-hybridized carbons (Fsp3) is 0.636. The molecule has 1 aliphatic rings. The molecule has 13 heavy (non-hydrogen) atoms. The van der Waals surface area contributed by atoms with Crippen LogP contribution in [0.25, 0.3) is 0 Å². The van der Waals surface area contributed by atoms with Crippen molar-refractivity contribution in [2.75, 3.05) is 6.54 Å². The third-order valence-corrected chi connectivity index (χ3v) is 4.33. The average Bonchev–Trinajstić information content (AvgIpc) is 2.39. The van der Waals surface area contributed by atoms with Gasteiger partial charge in [-0.3, -0.25) is 0 Å². The minimum atomic E-state index is 0.649. The smallest absolute Gasteiger partial charge is 0.0123 e. The van der Waals surface area contributed by atoms with E-state index in [2.05, 4.69) is 12.3 Å². The Morgan fingerprint density at radius 1 is 1.54 bits per heavy atom. The van der Waals surface area contributed by atoms with Gasteiger partial charge in [-0.25, -0.2) is 0 Å². The summed E-state index contributed by atoms with van der Waals surface area (Å²) in [7, 11) is 0. The predicted octanol–water partition coefficient (Wildman–Crippen LogP) is 2.83. The van der Waals surface area contributed by atoms with E-state index >= 15 is 0 Å². The van der Waals surface area contributed by atoms with E-state index in [1.54, 1.807) is 10.4 Å². The number of hydrogen-bond donors (Lipinski definition) is 1. The molecule has 1 aliphatic carbocycles. The molecule has 0 bridgehead atoms. The van der Waals surface area contributed by atoms with Crippen LogP contribution in [-0.2, 0) is 6.42 Å². The lowest BCUT2D eigenvalue weighted by Gasteiger charge is -2.11. The topological polar surface area (TPSA) is 26.0 Å². The molecule has 2 N–H and O–H groups in total. The fourth-order valence-corrected chi connectivity index (χ4v) is 3.46. The van der Waals surface area contributed by atoms with Crippen molar-refractivity contribution in [3.8, 4) is 0 Å². The molecule has 0 aromatic carbocycles. The molecule has 1 nitrogen and oxygen atoms in total. The lowest BCUT2D eigenvalue weighted by Crippen LogP contribution is -2.11. The minimum absolute atomic E-state index is 0.649. The largest absolute Gasteiger partial charge is 0.330 e. The number of aryl methyl sites for hydroxylation is 1. The number of fused-ring (bicyclic) bond motifs is 1. The summed E-state index contributed by atoms with van der Waals surface area (Å²) >= 11 is 1.92. The highest BCUT2D eigenvalue weighted by Gasteiger charge is 2.20. The molecule has 1 aromatic heterocycles. The maximum absolute atomic E-state index is 5.80. The van der Waals surface area contributed by atoms with Gasteiger partial charge in [-0.2, -0.15) is 0 Å². The second-order valence-electron chi connectivity index (χ2n) is 3.94. The third-order valence-electron chi connectivity index (χ3n) is 3.02. The minimum Gasteiger partial charge on any atom is -0.330 e. The first-order valence-electron chi connectivity index (χ1n) is 5.10. The molecule has 0 fully saturated rings. The van der Waals surface area contributed by atoms with E-state index in [0.29, 0.717) is 5.92 Å². The SMILES string of the molecule is Cc1csc2c1CCCC[C@@H]2CN. The lowest BCUT2D eigenvalue weighted by atomic mass is 10.0. The Bertz CT molecular complexity index is 290. The van der Waals surface area contributed by atoms with E-state index in [1.807, 2.05) is 11.3 Å². The molecule has 1 atom stereocenters. The molecular formula is C11H17NS. The Kier molecular flexibility index (Phi) is 2.70. The molecule has 72 valence electrons. The van der Waals surface area contributed by atoms with Gasteiger partial charge in [0.1, 0.15) is 0 Å². The van der Waals surface area contributed by atoms with Crippen molar-refractivity contribution in [2.24, 2.45) is 5.73 Å². The Labute approximate surface area is 84.0 Å². The standard InChI is InChI=1S/C11H17NS/c1-8-7-13-11-9(6-12)4-2-3-5-10(8)11/h7,9H,2-6,12H2,1H3/t9-/m1/s1. The van der Waals surface area contributed by atoms with Gasteiger partial charge in [0.05, 0.1) is 0 Å². The van der Waals surface area contributed by atoms with Crippen molar-refractivity contribution in [3.05, 3.63) is 21.4 Å². The molecule has 0 aliphatic heterocycles. The van der Waals surface area contributed by atoms with Gasteiger partial charge in [-0.05, 0) is 49.2 Å². The normalized spacial score (nSPS) is 22.5. The molecule has 0 unspecified atom stereocenters. The summed E-state index contributed by atoms with van der Waals surface area (Å²) in [5.74, 6) is 0.649. The maximum atomic E-state index is 5.80. The fourth-order valence-electron chi connectivity index (χ4n) is 2.20. The molecule has 0 amide bonds. The Balaban J connectivity index is 2.36. The summed E-state index contributed by atoms with van der Waals surface area (Å²) in [6, 6.07) is 0. The summed E-state index contributed by atoms with van der Waals surface area (Å²) < 4.78 is 0. The number of nitrogens with two attached hydrogens (primary N) is 1. The van der Waals surface area contributed by atoms with E-state index in [4.69, 9.17) is 5.73 Å². The van der Waals surface area contributed by atoms with Gasteiger partial charge in [0.25, 0.3) is 0 Å². The molecule has 0 saturated carbocycles. The van der Waals surface area contributed by atoms with E-state index in [9.17, 15) is 0 Å². The van der Waals surface area contributed by atoms with Crippen molar-refractivity contribution >= 4 is 11.3 Å². The van der Waals surface area contributed by atoms with E-state index in [1.165, 1.54) is 31.2 Å². The molecule has 0 spiro atoms. The van der Waals surface area contributed by atoms with E-state index < -0.39 is 0 Å². The van der Waals surface area contributed by atoms with Crippen LogP contribution in [0.2, 0.25) is 0 Å².